The summed E-state index contributed by atoms with van der Waals surface area (Å²) in [6, 6.07) is 9.06. The van der Waals surface area contributed by atoms with Crippen LogP contribution < -0.4 is 0 Å². The van der Waals surface area contributed by atoms with Gasteiger partial charge in [0, 0.05) is 17.8 Å². The molecule has 2 atom stereocenters. The lowest BCUT2D eigenvalue weighted by Crippen LogP contribution is -2.48. The summed E-state index contributed by atoms with van der Waals surface area (Å²) in [6.45, 7) is 2.08. The van der Waals surface area contributed by atoms with Gasteiger partial charge in [0.1, 0.15) is 0 Å². The Kier molecular flexibility index (Phi) is 4.55. The predicted molar refractivity (Wildman–Crippen MR) is 86.2 cm³/mol. The summed E-state index contributed by atoms with van der Waals surface area (Å²) in [7, 11) is 0. The van der Waals surface area contributed by atoms with Gasteiger partial charge in [-0.2, -0.15) is 0 Å². The first-order valence-electron chi connectivity index (χ1n) is 7.76. The number of aryl methyl sites for hydroxylation is 1. The second-order valence-corrected chi connectivity index (χ2v) is 7.28. The molecule has 2 aliphatic heterocycles. The Labute approximate surface area is 130 Å². The van der Waals surface area contributed by atoms with Crippen LogP contribution in [0.2, 0.25) is 0 Å². The van der Waals surface area contributed by atoms with Crippen molar-refractivity contribution < 1.29 is 9.90 Å². The lowest BCUT2D eigenvalue weighted by molar-refractivity contribution is -0.134. The van der Waals surface area contributed by atoms with Crippen LogP contribution >= 0.6 is 11.8 Å². The molecular weight excluding hydrogens is 282 g/mol. The fourth-order valence-corrected chi connectivity index (χ4v) is 4.42. The molecule has 0 aliphatic carbocycles. The molecule has 21 heavy (non-hydrogen) atoms. The second-order valence-electron chi connectivity index (χ2n) is 6.29. The zero-order valence-corrected chi connectivity index (χ0v) is 13.3. The zero-order chi connectivity index (χ0) is 14.8. The van der Waals surface area contributed by atoms with Crippen molar-refractivity contribution >= 4 is 17.7 Å². The van der Waals surface area contributed by atoms with E-state index in [9.17, 15) is 9.90 Å². The van der Waals surface area contributed by atoms with E-state index in [4.69, 9.17) is 0 Å². The lowest BCUT2D eigenvalue weighted by Gasteiger charge is -2.37. The molecule has 2 fully saturated rings. The molecule has 3 nitrogen and oxygen atoms in total. The number of fused-ring (bicyclic) bond motifs is 2. The van der Waals surface area contributed by atoms with Gasteiger partial charge in [0.05, 0.1) is 11.9 Å². The third-order valence-corrected chi connectivity index (χ3v) is 5.60. The summed E-state index contributed by atoms with van der Waals surface area (Å²) in [5.41, 5.74) is 2.54. The SMILES string of the molecule is Cc1ccc(CSCC(=O)N2C3CCC2CC(O)C3)cc1. The molecule has 0 saturated carbocycles. The van der Waals surface area contributed by atoms with Crippen molar-refractivity contribution in [2.75, 3.05) is 5.75 Å². The van der Waals surface area contributed by atoms with Crippen molar-refractivity contribution in [3.05, 3.63) is 35.4 Å². The van der Waals surface area contributed by atoms with E-state index in [1.54, 1.807) is 11.8 Å². The van der Waals surface area contributed by atoms with Crippen LogP contribution in [0.1, 0.15) is 36.8 Å². The minimum absolute atomic E-state index is 0.202. The maximum Gasteiger partial charge on any atom is 0.233 e. The van der Waals surface area contributed by atoms with E-state index in [1.165, 1.54) is 11.1 Å². The lowest BCUT2D eigenvalue weighted by atomic mass is 10.00. The summed E-state index contributed by atoms with van der Waals surface area (Å²) in [6.07, 6.45) is 3.47. The van der Waals surface area contributed by atoms with Crippen LogP contribution in [0.4, 0.5) is 0 Å². The highest BCUT2D eigenvalue weighted by atomic mass is 32.2. The van der Waals surface area contributed by atoms with Crippen LogP contribution in [-0.4, -0.2) is 39.9 Å². The van der Waals surface area contributed by atoms with Gasteiger partial charge in [-0.15, -0.1) is 11.8 Å². The van der Waals surface area contributed by atoms with Crippen molar-refractivity contribution in [3.8, 4) is 0 Å². The minimum atomic E-state index is -0.202. The molecule has 2 heterocycles. The van der Waals surface area contributed by atoms with Crippen LogP contribution in [0.15, 0.2) is 24.3 Å². The van der Waals surface area contributed by atoms with E-state index >= 15 is 0 Å². The fraction of sp³-hybridized carbons (Fsp3) is 0.588. The molecule has 2 aliphatic rings. The van der Waals surface area contributed by atoms with Crippen LogP contribution in [0, 0.1) is 6.92 Å². The van der Waals surface area contributed by atoms with Gasteiger partial charge in [-0.05, 0) is 38.2 Å². The van der Waals surface area contributed by atoms with Crippen LogP contribution in [0.3, 0.4) is 0 Å². The zero-order valence-electron chi connectivity index (χ0n) is 12.5. The Bertz CT molecular complexity index is 488. The standard InChI is InChI=1S/C17H23NO2S/c1-12-2-4-13(5-3-12)10-21-11-17(20)18-14-6-7-15(18)9-16(19)8-14/h2-5,14-16,19H,6-11H2,1H3. The Hall–Kier alpha value is -1.00. The van der Waals surface area contributed by atoms with Gasteiger partial charge >= 0.3 is 0 Å². The highest BCUT2D eigenvalue weighted by Crippen LogP contribution is 2.36. The van der Waals surface area contributed by atoms with E-state index in [2.05, 4.69) is 36.1 Å². The third-order valence-electron chi connectivity index (χ3n) is 4.61. The molecule has 1 amide bonds. The molecule has 0 radical (unpaired) electrons. The van der Waals surface area contributed by atoms with E-state index in [0.717, 1.165) is 31.4 Å². The van der Waals surface area contributed by atoms with Crippen molar-refractivity contribution in [1.82, 2.24) is 4.90 Å². The van der Waals surface area contributed by atoms with Crippen molar-refractivity contribution in [2.45, 2.75) is 56.5 Å². The topological polar surface area (TPSA) is 40.5 Å². The molecule has 0 aromatic heterocycles. The number of benzene rings is 1. The second kappa shape index (κ2) is 6.41. The Morgan fingerprint density at radius 2 is 1.86 bits per heavy atom. The number of aliphatic hydroxyl groups is 1. The predicted octanol–water partition coefficient (Wildman–Crippen LogP) is 2.74. The highest BCUT2D eigenvalue weighted by molar-refractivity contribution is 7.99. The van der Waals surface area contributed by atoms with Gasteiger partial charge in [-0.25, -0.2) is 0 Å². The normalized spacial score (nSPS) is 27.9. The number of carbonyl (C=O) groups is 1. The van der Waals surface area contributed by atoms with Crippen LogP contribution in [0.5, 0.6) is 0 Å². The monoisotopic (exact) mass is 305 g/mol. The van der Waals surface area contributed by atoms with Gasteiger partial charge < -0.3 is 10.0 Å². The highest BCUT2D eigenvalue weighted by Gasteiger charge is 2.42. The van der Waals surface area contributed by atoms with E-state index in [1.807, 2.05) is 0 Å². The smallest absolute Gasteiger partial charge is 0.233 e. The molecule has 1 aromatic rings. The average Bonchev–Trinajstić information content (AvgIpc) is 2.73. The molecule has 1 aromatic carbocycles. The molecule has 2 saturated heterocycles. The molecule has 3 rings (SSSR count). The number of nitrogens with zero attached hydrogens (tertiary/aromatic N) is 1. The van der Waals surface area contributed by atoms with E-state index < -0.39 is 0 Å². The maximum atomic E-state index is 12.4. The number of aliphatic hydroxyl groups excluding tert-OH is 1. The first kappa shape index (κ1) is 14.9. The summed E-state index contributed by atoms with van der Waals surface area (Å²) in [5, 5.41) is 9.79. The number of hydrogen-bond donors (Lipinski definition) is 1. The van der Waals surface area contributed by atoms with E-state index in [-0.39, 0.29) is 24.1 Å². The van der Waals surface area contributed by atoms with Gasteiger partial charge in [0.2, 0.25) is 5.91 Å². The molecule has 4 heteroatoms. The minimum Gasteiger partial charge on any atom is -0.393 e. The number of hydrogen-bond acceptors (Lipinski definition) is 3. The largest absolute Gasteiger partial charge is 0.393 e. The molecule has 114 valence electrons. The molecule has 2 unspecified atom stereocenters. The number of thioether (sulfide) groups is 1. The summed E-state index contributed by atoms with van der Waals surface area (Å²) in [5.74, 6) is 1.70. The number of piperidine rings is 1. The third kappa shape index (κ3) is 3.43. The van der Waals surface area contributed by atoms with Gasteiger partial charge in [0.25, 0.3) is 0 Å². The van der Waals surface area contributed by atoms with Gasteiger partial charge in [-0.1, -0.05) is 29.8 Å². The van der Waals surface area contributed by atoms with Crippen molar-refractivity contribution in [3.63, 3.8) is 0 Å². The Balaban J connectivity index is 1.49. The first-order valence-corrected chi connectivity index (χ1v) is 8.91. The average molecular weight is 305 g/mol. The number of amides is 1. The maximum absolute atomic E-state index is 12.4. The summed E-state index contributed by atoms with van der Waals surface area (Å²) < 4.78 is 0. The molecule has 0 spiro atoms. The van der Waals surface area contributed by atoms with E-state index in [0.29, 0.717) is 5.75 Å². The summed E-state index contributed by atoms with van der Waals surface area (Å²) in [4.78, 5) is 14.5. The molecular formula is C17H23NO2S. The first-order chi connectivity index (χ1) is 10.1. The van der Waals surface area contributed by atoms with Crippen LogP contribution in [-0.2, 0) is 10.5 Å². The van der Waals surface area contributed by atoms with Gasteiger partial charge in [0.15, 0.2) is 0 Å². The van der Waals surface area contributed by atoms with Gasteiger partial charge in [-0.3, -0.25) is 4.79 Å². The van der Waals surface area contributed by atoms with Crippen molar-refractivity contribution in [1.29, 1.82) is 0 Å². The molecule has 1 N–H and O–H groups in total. The quantitative estimate of drug-likeness (QED) is 0.930. The summed E-state index contributed by atoms with van der Waals surface area (Å²) >= 11 is 1.69. The molecule has 2 bridgehead atoms. The Morgan fingerprint density at radius 3 is 2.48 bits per heavy atom. The Morgan fingerprint density at radius 1 is 1.24 bits per heavy atom. The fourth-order valence-electron chi connectivity index (χ4n) is 3.57. The number of carbonyl (C=O) groups excluding carboxylic acids is 1. The van der Waals surface area contributed by atoms with Crippen LogP contribution in [0.25, 0.3) is 0 Å². The van der Waals surface area contributed by atoms with Crippen molar-refractivity contribution in [2.24, 2.45) is 0 Å². The number of rotatable bonds is 4.